The predicted molar refractivity (Wildman–Crippen MR) is 74.9 cm³/mol. The standard InChI is InChI=1S/C12H14ClN5O/c1-7-9(13)5-10(17-7)11(19)15-4-2-3-8-6-16-12(14)18-8/h2-3,5-6,17H,4H2,1H3,(H,15,19)(H3,14,16,18)/b3-2+. The summed E-state index contributed by atoms with van der Waals surface area (Å²) in [6, 6.07) is 1.60. The summed E-state index contributed by atoms with van der Waals surface area (Å²) in [5.41, 5.74) is 7.44. The van der Waals surface area contributed by atoms with E-state index in [-0.39, 0.29) is 5.91 Å². The topological polar surface area (TPSA) is 99.6 Å². The molecule has 19 heavy (non-hydrogen) atoms. The van der Waals surface area contributed by atoms with Gasteiger partial charge in [-0.25, -0.2) is 4.98 Å². The lowest BCUT2D eigenvalue weighted by atomic mass is 10.3. The predicted octanol–water partition coefficient (Wildman–Crippen LogP) is 1.73. The Morgan fingerprint density at radius 2 is 2.37 bits per heavy atom. The molecule has 0 spiro atoms. The van der Waals surface area contributed by atoms with Gasteiger partial charge in [-0.15, -0.1) is 0 Å². The fourth-order valence-electron chi connectivity index (χ4n) is 1.52. The van der Waals surface area contributed by atoms with Gasteiger partial charge in [0.25, 0.3) is 5.91 Å². The highest BCUT2D eigenvalue weighted by Gasteiger charge is 2.08. The van der Waals surface area contributed by atoms with E-state index in [4.69, 9.17) is 17.3 Å². The monoisotopic (exact) mass is 279 g/mol. The van der Waals surface area contributed by atoms with Gasteiger partial charge in [-0.3, -0.25) is 4.79 Å². The van der Waals surface area contributed by atoms with Gasteiger partial charge in [-0.2, -0.15) is 0 Å². The molecule has 2 aromatic heterocycles. The van der Waals surface area contributed by atoms with Crippen molar-refractivity contribution in [3.8, 4) is 0 Å². The number of amides is 1. The summed E-state index contributed by atoms with van der Waals surface area (Å²) in [4.78, 5) is 21.4. The lowest BCUT2D eigenvalue weighted by Crippen LogP contribution is -2.23. The number of imidazole rings is 1. The molecular weight excluding hydrogens is 266 g/mol. The van der Waals surface area contributed by atoms with Crippen molar-refractivity contribution in [2.45, 2.75) is 6.92 Å². The van der Waals surface area contributed by atoms with Crippen molar-refractivity contribution in [1.82, 2.24) is 20.3 Å². The third-order valence-corrected chi connectivity index (χ3v) is 2.88. The third kappa shape index (κ3) is 3.38. The molecule has 0 saturated carbocycles. The minimum Gasteiger partial charge on any atom is -0.369 e. The minimum atomic E-state index is -0.205. The number of anilines is 1. The first-order valence-corrected chi connectivity index (χ1v) is 6.04. The number of H-pyrrole nitrogens is 2. The van der Waals surface area contributed by atoms with E-state index in [1.54, 1.807) is 24.4 Å². The summed E-state index contributed by atoms with van der Waals surface area (Å²) in [6.07, 6.45) is 5.20. The van der Waals surface area contributed by atoms with E-state index in [9.17, 15) is 4.79 Å². The molecule has 5 N–H and O–H groups in total. The molecule has 0 unspecified atom stereocenters. The zero-order valence-corrected chi connectivity index (χ0v) is 11.1. The number of nitrogens with two attached hydrogens (primary N) is 1. The molecule has 0 aliphatic heterocycles. The van der Waals surface area contributed by atoms with Gasteiger partial charge in [-0.1, -0.05) is 17.7 Å². The van der Waals surface area contributed by atoms with Crippen LogP contribution in [0.2, 0.25) is 5.02 Å². The average molecular weight is 280 g/mol. The molecule has 0 aliphatic rings. The van der Waals surface area contributed by atoms with Crippen molar-refractivity contribution in [3.63, 3.8) is 0 Å². The molecule has 0 saturated heterocycles. The molecule has 0 radical (unpaired) electrons. The SMILES string of the molecule is Cc1[nH]c(C(=O)NC/C=C/c2cnc(N)[nH]2)cc1Cl. The number of carbonyl (C=O) groups is 1. The number of carbonyl (C=O) groups excluding carboxylic acids is 1. The Balaban J connectivity index is 1.85. The summed E-state index contributed by atoms with van der Waals surface area (Å²) < 4.78 is 0. The number of rotatable bonds is 4. The Morgan fingerprint density at radius 1 is 1.58 bits per heavy atom. The number of aryl methyl sites for hydroxylation is 1. The number of halogens is 1. The molecule has 100 valence electrons. The van der Waals surface area contributed by atoms with Crippen LogP contribution in [0.25, 0.3) is 6.08 Å². The fourth-order valence-corrected chi connectivity index (χ4v) is 1.68. The first kappa shape index (κ1) is 13.2. The third-order valence-electron chi connectivity index (χ3n) is 2.49. The number of hydrogen-bond acceptors (Lipinski definition) is 3. The molecule has 0 atom stereocenters. The van der Waals surface area contributed by atoms with Gasteiger partial charge in [0.05, 0.1) is 16.9 Å². The van der Waals surface area contributed by atoms with Crippen molar-refractivity contribution in [2.75, 3.05) is 12.3 Å². The second-order valence-corrected chi connectivity index (χ2v) is 4.40. The molecule has 1 amide bonds. The van der Waals surface area contributed by atoms with Crippen LogP contribution in [0.5, 0.6) is 0 Å². The van der Waals surface area contributed by atoms with Gasteiger partial charge >= 0.3 is 0 Å². The zero-order valence-electron chi connectivity index (χ0n) is 10.3. The normalized spacial score (nSPS) is 11.1. The number of nitrogens with zero attached hydrogens (tertiary/aromatic N) is 1. The van der Waals surface area contributed by atoms with Crippen molar-refractivity contribution in [2.24, 2.45) is 0 Å². The van der Waals surface area contributed by atoms with Gasteiger partial charge in [0.2, 0.25) is 0 Å². The highest BCUT2D eigenvalue weighted by atomic mass is 35.5. The molecule has 2 aromatic rings. The van der Waals surface area contributed by atoms with Crippen LogP contribution in [-0.2, 0) is 0 Å². The van der Waals surface area contributed by atoms with Crippen molar-refractivity contribution < 1.29 is 4.79 Å². The van der Waals surface area contributed by atoms with Crippen LogP contribution in [-0.4, -0.2) is 27.4 Å². The molecule has 0 aromatic carbocycles. The van der Waals surface area contributed by atoms with E-state index in [2.05, 4.69) is 20.3 Å². The Hall–Kier alpha value is -2.21. The van der Waals surface area contributed by atoms with Crippen LogP contribution >= 0.6 is 11.6 Å². The number of nitrogens with one attached hydrogen (secondary N) is 3. The summed E-state index contributed by atoms with van der Waals surface area (Å²) in [6.45, 7) is 2.20. The highest BCUT2D eigenvalue weighted by molar-refractivity contribution is 6.31. The Bertz CT molecular complexity index is 594. The summed E-state index contributed by atoms with van der Waals surface area (Å²) in [7, 11) is 0. The van der Waals surface area contributed by atoms with Crippen LogP contribution in [0.1, 0.15) is 21.9 Å². The van der Waals surface area contributed by atoms with Crippen molar-refractivity contribution in [3.05, 3.63) is 40.4 Å². The quantitative estimate of drug-likeness (QED) is 0.686. The van der Waals surface area contributed by atoms with Gasteiger partial charge in [0, 0.05) is 12.2 Å². The van der Waals surface area contributed by atoms with Gasteiger partial charge in [0.1, 0.15) is 5.69 Å². The van der Waals surface area contributed by atoms with Crippen LogP contribution in [0.15, 0.2) is 18.3 Å². The van der Waals surface area contributed by atoms with Crippen LogP contribution in [0.4, 0.5) is 5.95 Å². The molecule has 0 bridgehead atoms. The summed E-state index contributed by atoms with van der Waals surface area (Å²) in [5, 5.41) is 3.29. The van der Waals surface area contributed by atoms with Crippen LogP contribution in [0.3, 0.4) is 0 Å². The molecule has 0 fully saturated rings. The van der Waals surface area contributed by atoms with Crippen LogP contribution in [0, 0.1) is 6.92 Å². The molecule has 7 heteroatoms. The number of hydrogen-bond donors (Lipinski definition) is 4. The fraction of sp³-hybridized carbons (Fsp3) is 0.167. The maximum Gasteiger partial charge on any atom is 0.268 e. The minimum absolute atomic E-state index is 0.205. The number of aromatic nitrogens is 3. The second kappa shape index (κ2) is 5.62. The van der Waals surface area contributed by atoms with E-state index < -0.39 is 0 Å². The smallest absolute Gasteiger partial charge is 0.268 e. The average Bonchev–Trinajstić information content (AvgIpc) is 2.92. The Labute approximate surface area is 115 Å². The molecule has 0 aliphatic carbocycles. The van der Waals surface area contributed by atoms with Crippen LogP contribution < -0.4 is 11.1 Å². The van der Waals surface area contributed by atoms with E-state index in [0.717, 1.165) is 11.4 Å². The molecule has 6 nitrogen and oxygen atoms in total. The molecule has 2 heterocycles. The molecule has 2 rings (SSSR count). The Morgan fingerprint density at radius 3 is 2.95 bits per heavy atom. The van der Waals surface area contributed by atoms with E-state index in [1.165, 1.54) is 0 Å². The maximum absolute atomic E-state index is 11.8. The first-order valence-electron chi connectivity index (χ1n) is 5.66. The van der Waals surface area contributed by atoms with Gasteiger partial charge in [-0.05, 0) is 19.1 Å². The zero-order chi connectivity index (χ0) is 13.8. The lowest BCUT2D eigenvalue weighted by Gasteiger charge is -1.98. The first-order chi connectivity index (χ1) is 9.06. The van der Waals surface area contributed by atoms with Gasteiger partial charge in [0.15, 0.2) is 5.95 Å². The van der Waals surface area contributed by atoms with Crippen molar-refractivity contribution >= 4 is 29.5 Å². The summed E-state index contributed by atoms with van der Waals surface area (Å²) >= 11 is 5.87. The Kier molecular flexibility index (Phi) is 3.91. The van der Waals surface area contributed by atoms with E-state index in [0.29, 0.717) is 23.2 Å². The second-order valence-electron chi connectivity index (χ2n) is 3.99. The summed E-state index contributed by atoms with van der Waals surface area (Å²) in [5.74, 6) is 0.156. The van der Waals surface area contributed by atoms with Crippen molar-refractivity contribution in [1.29, 1.82) is 0 Å². The number of nitrogen functional groups attached to an aromatic ring is 1. The molecular formula is C12H14ClN5O. The number of aromatic amines is 2. The van der Waals surface area contributed by atoms with Gasteiger partial charge < -0.3 is 21.0 Å². The van der Waals surface area contributed by atoms with E-state index in [1.807, 2.05) is 6.92 Å². The largest absolute Gasteiger partial charge is 0.369 e. The lowest BCUT2D eigenvalue weighted by molar-refractivity contribution is 0.0953. The van der Waals surface area contributed by atoms with E-state index >= 15 is 0 Å². The maximum atomic E-state index is 11.8. The highest BCUT2D eigenvalue weighted by Crippen LogP contribution is 2.15.